The molecule has 100 valence electrons. The van der Waals surface area contributed by atoms with Gasteiger partial charge in [-0.05, 0) is 62.8 Å². The summed E-state index contributed by atoms with van der Waals surface area (Å²) in [7, 11) is 0. The smallest absolute Gasteiger partial charge is 0.00707 e. The quantitative estimate of drug-likeness (QED) is 0.843. The lowest BCUT2D eigenvalue weighted by molar-refractivity contribution is 0.183. The van der Waals surface area contributed by atoms with Crippen molar-refractivity contribution in [3.63, 3.8) is 0 Å². The summed E-state index contributed by atoms with van der Waals surface area (Å²) in [5.41, 5.74) is 5.80. The van der Waals surface area contributed by atoms with E-state index in [-0.39, 0.29) is 12.4 Å². The van der Waals surface area contributed by atoms with Gasteiger partial charge in [0.25, 0.3) is 0 Å². The van der Waals surface area contributed by atoms with Crippen LogP contribution in [0.4, 0.5) is 0 Å². The molecule has 2 aliphatic carbocycles. The minimum atomic E-state index is 0. The van der Waals surface area contributed by atoms with E-state index in [1.807, 2.05) is 0 Å². The number of likely N-dealkylation sites (tertiary alicyclic amines) is 1. The molecule has 0 aromatic heterocycles. The van der Waals surface area contributed by atoms with Gasteiger partial charge in [0.05, 0.1) is 0 Å². The fraction of sp³-hybridized carbons (Fsp3) is 1.00. The molecule has 17 heavy (non-hydrogen) atoms. The molecule has 0 aromatic rings. The van der Waals surface area contributed by atoms with E-state index in [9.17, 15) is 0 Å². The predicted molar refractivity (Wildman–Crippen MR) is 74.4 cm³/mol. The summed E-state index contributed by atoms with van der Waals surface area (Å²) in [6.45, 7) is 5.92. The molecule has 3 heteroatoms. The number of hydrogen-bond donors (Lipinski definition) is 1. The second kappa shape index (κ2) is 5.46. The number of halogens is 1. The van der Waals surface area contributed by atoms with Crippen LogP contribution in [-0.4, -0.2) is 30.6 Å². The summed E-state index contributed by atoms with van der Waals surface area (Å²) in [6, 6.07) is 0.785. The van der Waals surface area contributed by atoms with Crippen molar-refractivity contribution in [2.24, 2.45) is 29.4 Å². The molecular weight excluding hydrogens is 232 g/mol. The normalized spacial score (nSPS) is 45.2. The molecule has 2 nitrogen and oxygen atoms in total. The Labute approximate surface area is 112 Å². The standard InChI is InChI=1S/C14H26N2.ClH/c1-10-4-12(7-15)8-16(10)9-14-6-11-2-3-13(14)5-11;/h10-14H,2-9,15H2,1H3;1H. The molecule has 5 atom stereocenters. The highest BCUT2D eigenvalue weighted by Crippen LogP contribution is 2.48. The Hall–Kier alpha value is 0.210. The van der Waals surface area contributed by atoms with Crippen molar-refractivity contribution in [2.75, 3.05) is 19.6 Å². The third-order valence-electron chi connectivity index (χ3n) is 5.48. The van der Waals surface area contributed by atoms with Crippen LogP contribution in [0, 0.1) is 23.7 Å². The number of rotatable bonds is 3. The van der Waals surface area contributed by atoms with Crippen molar-refractivity contribution in [1.82, 2.24) is 4.90 Å². The molecule has 0 amide bonds. The molecule has 0 radical (unpaired) electrons. The third-order valence-corrected chi connectivity index (χ3v) is 5.48. The van der Waals surface area contributed by atoms with Gasteiger partial charge in [-0.25, -0.2) is 0 Å². The van der Waals surface area contributed by atoms with Gasteiger partial charge in [0.15, 0.2) is 0 Å². The van der Waals surface area contributed by atoms with E-state index in [1.165, 1.54) is 38.8 Å². The average Bonchev–Trinajstić information content (AvgIpc) is 2.95. The summed E-state index contributed by atoms with van der Waals surface area (Å²) >= 11 is 0. The molecular formula is C14H27ClN2. The SMILES string of the molecule is CC1CC(CN)CN1CC1CC2CCC1C2.Cl. The van der Waals surface area contributed by atoms with Crippen LogP contribution in [0.5, 0.6) is 0 Å². The van der Waals surface area contributed by atoms with Crippen LogP contribution in [0.15, 0.2) is 0 Å². The molecule has 0 spiro atoms. The lowest BCUT2D eigenvalue weighted by atomic mass is 9.88. The van der Waals surface area contributed by atoms with Crippen LogP contribution in [-0.2, 0) is 0 Å². The van der Waals surface area contributed by atoms with Gasteiger partial charge in [-0.15, -0.1) is 12.4 Å². The predicted octanol–water partition coefficient (Wildman–Crippen LogP) is 2.51. The minimum absolute atomic E-state index is 0. The van der Waals surface area contributed by atoms with Crippen LogP contribution < -0.4 is 5.73 Å². The first kappa shape index (κ1) is 13.6. The summed E-state index contributed by atoms with van der Waals surface area (Å²) in [5, 5.41) is 0. The lowest BCUT2D eigenvalue weighted by Crippen LogP contribution is -2.34. The van der Waals surface area contributed by atoms with Crippen molar-refractivity contribution >= 4 is 12.4 Å². The maximum atomic E-state index is 5.80. The van der Waals surface area contributed by atoms with Crippen molar-refractivity contribution < 1.29 is 0 Å². The Kier molecular flexibility index (Phi) is 4.38. The number of nitrogens with zero attached hydrogens (tertiary/aromatic N) is 1. The summed E-state index contributed by atoms with van der Waals surface area (Å²) in [6.07, 6.45) is 7.46. The molecule has 0 aromatic carbocycles. The average molecular weight is 259 g/mol. The first-order valence-corrected chi connectivity index (χ1v) is 7.20. The van der Waals surface area contributed by atoms with Crippen molar-refractivity contribution in [2.45, 2.75) is 45.1 Å². The molecule has 3 rings (SSSR count). The van der Waals surface area contributed by atoms with E-state index in [0.717, 1.165) is 36.3 Å². The second-order valence-electron chi connectivity index (χ2n) is 6.58. The second-order valence-corrected chi connectivity index (χ2v) is 6.58. The van der Waals surface area contributed by atoms with E-state index in [0.29, 0.717) is 0 Å². The minimum Gasteiger partial charge on any atom is -0.330 e. The molecule has 3 fully saturated rings. The molecule has 1 aliphatic heterocycles. The Morgan fingerprint density at radius 3 is 2.53 bits per heavy atom. The van der Waals surface area contributed by atoms with Gasteiger partial charge >= 0.3 is 0 Å². The Balaban J connectivity index is 0.00000108. The van der Waals surface area contributed by atoms with E-state index in [4.69, 9.17) is 5.73 Å². The highest BCUT2D eigenvalue weighted by molar-refractivity contribution is 5.85. The van der Waals surface area contributed by atoms with Crippen molar-refractivity contribution in [3.05, 3.63) is 0 Å². The number of hydrogen-bond acceptors (Lipinski definition) is 2. The lowest BCUT2D eigenvalue weighted by Gasteiger charge is -2.29. The molecule has 1 heterocycles. The number of fused-ring (bicyclic) bond motifs is 2. The zero-order valence-corrected chi connectivity index (χ0v) is 11.8. The maximum Gasteiger partial charge on any atom is 0.00707 e. The Morgan fingerprint density at radius 2 is 2.00 bits per heavy atom. The van der Waals surface area contributed by atoms with Crippen molar-refractivity contribution in [1.29, 1.82) is 0 Å². The van der Waals surface area contributed by atoms with E-state index >= 15 is 0 Å². The van der Waals surface area contributed by atoms with Crippen LogP contribution >= 0.6 is 12.4 Å². The van der Waals surface area contributed by atoms with Gasteiger partial charge in [0.2, 0.25) is 0 Å². The summed E-state index contributed by atoms with van der Waals surface area (Å²) in [4.78, 5) is 2.73. The Bertz CT molecular complexity index is 259. The van der Waals surface area contributed by atoms with Gasteiger partial charge in [-0.1, -0.05) is 6.42 Å². The monoisotopic (exact) mass is 258 g/mol. The Morgan fingerprint density at radius 1 is 1.18 bits per heavy atom. The zero-order chi connectivity index (χ0) is 11.1. The van der Waals surface area contributed by atoms with E-state index in [1.54, 1.807) is 6.42 Å². The maximum absolute atomic E-state index is 5.80. The number of nitrogens with two attached hydrogens (primary N) is 1. The zero-order valence-electron chi connectivity index (χ0n) is 11.0. The molecule has 3 aliphatic rings. The topological polar surface area (TPSA) is 29.3 Å². The van der Waals surface area contributed by atoms with Crippen LogP contribution in [0.25, 0.3) is 0 Å². The van der Waals surface area contributed by atoms with Crippen LogP contribution in [0.1, 0.15) is 39.0 Å². The molecule has 2 saturated carbocycles. The summed E-state index contributed by atoms with van der Waals surface area (Å²) < 4.78 is 0. The molecule has 1 saturated heterocycles. The van der Waals surface area contributed by atoms with Gasteiger partial charge < -0.3 is 10.6 Å². The van der Waals surface area contributed by atoms with Crippen LogP contribution in [0.3, 0.4) is 0 Å². The molecule has 5 unspecified atom stereocenters. The van der Waals surface area contributed by atoms with Gasteiger partial charge in [0, 0.05) is 19.1 Å². The van der Waals surface area contributed by atoms with Gasteiger partial charge in [-0.3, -0.25) is 0 Å². The largest absolute Gasteiger partial charge is 0.330 e. The van der Waals surface area contributed by atoms with E-state index in [2.05, 4.69) is 11.8 Å². The van der Waals surface area contributed by atoms with Crippen LogP contribution in [0.2, 0.25) is 0 Å². The van der Waals surface area contributed by atoms with Gasteiger partial charge in [-0.2, -0.15) is 0 Å². The summed E-state index contributed by atoms with van der Waals surface area (Å²) in [5.74, 6) is 3.97. The fourth-order valence-corrected chi connectivity index (χ4v) is 4.54. The molecule has 2 N–H and O–H groups in total. The first-order chi connectivity index (χ1) is 7.76. The first-order valence-electron chi connectivity index (χ1n) is 7.20. The molecule has 2 bridgehead atoms. The third kappa shape index (κ3) is 2.64. The van der Waals surface area contributed by atoms with Gasteiger partial charge in [0.1, 0.15) is 0 Å². The highest BCUT2D eigenvalue weighted by Gasteiger charge is 2.41. The van der Waals surface area contributed by atoms with E-state index < -0.39 is 0 Å². The highest BCUT2D eigenvalue weighted by atomic mass is 35.5. The fourth-order valence-electron chi connectivity index (χ4n) is 4.54. The van der Waals surface area contributed by atoms with Crippen molar-refractivity contribution in [3.8, 4) is 0 Å².